The van der Waals surface area contributed by atoms with Gasteiger partial charge in [0.15, 0.2) is 0 Å². The summed E-state index contributed by atoms with van der Waals surface area (Å²) < 4.78 is 29.5. The molecule has 3 rings (SSSR count). The van der Waals surface area contributed by atoms with Crippen LogP contribution in [0.3, 0.4) is 0 Å². The summed E-state index contributed by atoms with van der Waals surface area (Å²) in [5.74, 6) is 9.54. The first-order valence-corrected chi connectivity index (χ1v) is 10.3. The molecule has 8 heteroatoms. The Morgan fingerprint density at radius 2 is 1.50 bits per heavy atom. The summed E-state index contributed by atoms with van der Waals surface area (Å²) in [5, 5.41) is 10.7. The van der Waals surface area contributed by atoms with Crippen molar-refractivity contribution in [1.29, 1.82) is 0 Å². The summed E-state index contributed by atoms with van der Waals surface area (Å²) >= 11 is 9.48. The predicted octanol–water partition coefficient (Wildman–Crippen LogP) is 6.15. The third-order valence-corrected chi connectivity index (χ3v) is 5.25. The minimum absolute atomic E-state index is 0.0342. The van der Waals surface area contributed by atoms with Crippen LogP contribution in [0.1, 0.15) is 22.3 Å². The summed E-state index contributed by atoms with van der Waals surface area (Å²) in [6.45, 7) is 0. The van der Waals surface area contributed by atoms with Crippen LogP contribution in [0.25, 0.3) is 0 Å². The maximum atomic E-state index is 14.6. The molecule has 0 saturated carbocycles. The molecule has 0 aliphatic heterocycles. The maximum absolute atomic E-state index is 14.6. The van der Waals surface area contributed by atoms with E-state index in [0.29, 0.717) is 21.3 Å². The molecule has 0 aliphatic rings. The molecule has 4 nitrogen and oxygen atoms in total. The number of hydrogen-bond acceptors (Lipinski definition) is 3. The molecule has 0 radical (unpaired) electrons. The van der Waals surface area contributed by atoms with E-state index in [1.807, 2.05) is 0 Å². The Balaban J connectivity index is 1.90. The normalized spacial score (nSPS) is 9.94. The highest BCUT2D eigenvalue weighted by Gasteiger charge is 2.11. The fourth-order valence-electron chi connectivity index (χ4n) is 2.64. The molecular weight excluding hydrogens is 502 g/mol. The highest BCUT2D eigenvalue weighted by Crippen LogP contribution is 2.26. The highest BCUT2D eigenvalue weighted by molar-refractivity contribution is 9.10. The largest absolute Gasteiger partial charge is 0.378 e. The molecule has 0 unspecified atom stereocenters. The first kappa shape index (κ1) is 23.3. The Bertz CT molecular complexity index is 1290. The molecule has 0 atom stereocenters. The van der Waals surface area contributed by atoms with Crippen LogP contribution >= 0.6 is 27.5 Å². The predicted molar refractivity (Wildman–Crippen MR) is 125 cm³/mol. The van der Waals surface area contributed by atoms with Gasteiger partial charge in [0.05, 0.1) is 21.1 Å². The Kier molecular flexibility index (Phi) is 7.15. The number of benzene rings is 3. The summed E-state index contributed by atoms with van der Waals surface area (Å²) in [5.41, 5.74) is 1.45. The van der Waals surface area contributed by atoms with Crippen molar-refractivity contribution in [3.8, 4) is 23.7 Å². The van der Waals surface area contributed by atoms with Crippen LogP contribution in [-0.2, 0) is 0 Å². The number of anilines is 1. The minimum atomic E-state index is -0.695. The fraction of sp³-hybridized carbons (Fsp3) is 0.0833. The lowest BCUT2D eigenvalue weighted by Crippen LogP contribution is -2.09. The van der Waals surface area contributed by atoms with Gasteiger partial charge in [-0.25, -0.2) is 8.78 Å². The third-order valence-electron chi connectivity index (χ3n) is 4.33. The van der Waals surface area contributed by atoms with Crippen molar-refractivity contribution < 1.29 is 13.7 Å². The molecule has 160 valence electrons. The number of hydrogen-bond donors (Lipinski definition) is 0. The molecule has 0 fully saturated rings. The number of rotatable bonds is 2. The van der Waals surface area contributed by atoms with E-state index < -0.39 is 16.6 Å². The van der Waals surface area contributed by atoms with E-state index in [2.05, 4.69) is 39.6 Å². The van der Waals surface area contributed by atoms with E-state index in [0.717, 1.165) is 0 Å². The highest BCUT2D eigenvalue weighted by atomic mass is 79.9. The SMILES string of the molecule is CN(C)c1cc(F)c(C#Cc2c(F)cc(C#Cc3ccc([N+](=O)[O-])cc3)cc2Cl)c(Br)c1. The Labute approximate surface area is 197 Å². The van der Waals surface area contributed by atoms with Gasteiger partial charge in [-0.2, -0.15) is 0 Å². The second-order valence-electron chi connectivity index (χ2n) is 6.80. The fourth-order valence-corrected chi connectivity index (χ4v) is 3.42. The lowest BCUT2D eigenvalue weighted by molar-refractivity contribution is -0.384. The van der Waals surface area contributed by atoms with Gasteiger partial charge in [0, 0.05) is 47.5 Å². The monoisotopic (exact) mass is 514 g/mol. The average molecular weight is 516 g/mol. The van der Waals surface area contributed by atoms with Gasteiger partial charge >= 0.3 is 0 Å². The summed E-state index contributed by atoms with van der Waals surface area (Å²) in [6, 6.07) is 11.3. The second-order valence-corrected chi connectivity index (χ2v) is 8.06. The topological polar surface area (TPSA) is 46.4 Å². The van der Waals surface area contributed by atoms with Crippen LogP contribution < -0.4 is 4.90 Å². The zero-order valence-electron chi connectivity index (χ0n) is 16.8. The van der Waals surface area contributed by atoms with Gasteiger partial charge in [0.2, 0.25) is 0 Å². The van der Waals surface area contributed by atoms with E-state index in [4.69, 9.17) is 11.6 Å². The summed E-state index contributed by atoms with van der Waals surface area (Å²) in [6.07, 6.45) is 0. The first-order valence-electron chi connectivity index (χ1n) is 9.09. The van der Waals surface area contributed by atoms with E-state index in [-0.39, 0.29) is 21.8 Å². The van der Waals surface area contributed by atoms with E-state index in [9.17, 15) is 18.9 Å². The van der Waals surface area contributed by atoms with Crippen molar-refractivity contribution in [3.63, 3.8) is 0 Å². The Morgan fingerprint density at radius 3 is 2.06 bits per heavy atom. The number of non-ortho nitro benzene ring substituents is 1. The van der Waals surface area contributed by atoms with Crippen LogP contribution in [-0.4, -0.2) is 19.0 Å². The van der Waals surface area contributed by atoms with E-state index >= 15 is 0 Å². The third kappa shape index (κ3) is 5.45. The molecule has 0 aromatic heterocycles. The molecule has 0 amide bonds. The summed E-state index contributed by atoms with van der Waals surface area (Å²) in [4.78, 5) is 11.9. The average Bonchev–Trinajstić information content (AvgIpc) is 2.73. The van der Waals surface area contributed by atoms with Gasteiger partial charge in [-0.05, 0) is 52.3 Å². The van der Waals surface area contributed by atoms with Gasteiger partial charge in [-0.3, -0.25) is 10.1 Å². The Hall–Kier alpha value is -3.39. The smallest absolute Gasteiger partial charge is 0.269 e. The summed E-state index contributed by atoms with van der Waals surface area (Å²) in [7, 11) is 3.57. The number of halogens is 4. The maximum Gasteiger partial charge on any atom is 0.269 e. The van der Waals surface area contributed by atoms with Gasteiger partial charge in [0.25, 0.3) is 5.69 Å². The molecule has 0 N–H and O–H groups in total. The molecule has 0 saturated heterocycles. The first-order chi connectivity index (χ1) is 15.2. The molecule has 3 aromatic rings. The van der Waals surface area contributed by atoms with Crippen LogP contribution in [0, 0.1) is 45.4 Å². The van der Waals surface area contributed by atoms with Crippen LogP contribution in [0.2, 0.25) is 5.02 Å². The van der Waals surface area contributed by atoms with Crippen molar-refractivity contribution in [2.24, 2.45) is 0 Å². The minimum Gasteiger partial charge on any atom is -0.378 e. The van der Waals surface area contributed by atoms with Gasteiger partial charge < -0.3 is 4.90 Å². The number of nitrogens with zero attached hydrogens (tertiary/aromatic N) is 2. The molecule has 3 aromatic carbocycles. The standard InChI is InChI=1S/C24H14BrClF2N2O2/c1-29(2)18-13-21(25)19(24(28)14-18)9-10-20-22(26)11-16(12-23(20)27)4-3-15-5-7-17(8-6-15)30(31)32/h5-8,11-14H,1-2H3. The molecular formula is C24H14BrClF2N2O2. The van der Waals surface area contributed by atoms with Crippen molar-refractivity contribution in [3.05, 3.63) is 102 Å². The van der Waals surface area contributed by atoms with E-state index in [1.54, 1.807) is 25.1 Å². The molecule has 0 bridgehead atoms. The Morgan fingerprint density at radius 1 is 0.906 bits per heavy atom. The number of nitro groups is 1. The van der Waals surface area contributed by atoms with Gasteiger partial charge in [0.1, 0.15) is 11.6 Å². The zero-order chi connectivity index (χ0) is 23.4. The van der Waals surface area contributed by atoms with Crippen LogP contribution in [0.5, 0.6) is 0 Å². The molecule has 0 heterocycles. The number of nitro benzene ring substituents is 1. The van der Waals surface area contributed by atoms with Crippen LogP contribution in [0.15, 0.2) is 53.0 Å². The van der Waals surface area contributed by atoms with Crippen molar-refractivity contribution in [1.82, 2.24) is 0 Å². The molecule has 0 spiro atoms. The zero-order valence-corrected chi connectivity index (χ0v) is 19.2. The van der Waals surface area contributed by atoms with Gasteiger partial charge in [-0.15, -0.1) is 0 Å². The van der Waals surface area contributed by atoms with Crippen molar-refractivity contribution in [2.45, 2.75) is 0 Å². The second kappa shape index (κ2) is 9.82. The van der Waals surface area contributed by atoms with Crippen molar-refractivity contribution in [2.75, 3.05) is 19.0 Å². The lowest BCUT2D eigenvalue weighted by Gasteiger charge is -2.13. The van der Waals surface area contributed by atoms with Crippen LogP contribution in [0.4, 0.5) is 20.2 Å². The van der Waals surface area contributed by atoms with Crippen molar-refractivity contribution >= 4 is 38.9 Å². The quantitative estimate of drug-likeness (QED) is 0.233. The molecule has 32 heavy (non-hydrogen) atoms. The van der Waals surface area contributed by atoms with E-state index in [1.165, 1.54) is 42.5 Å². The van der Waals surface area contributed by atoms with Gasteiger partial charge in [-0.1, -0.05) is 35.3 Å². The molecule has 0 aliphatic carbocycles. The lowest BCUT2D eigenvalue weighted by atomic mass is 10.1.